The third-order valence-electron chi connectivity index (χ3n) is 2.05. The largest absolute Gasteiger partial charge is 0.384 e. The molecule has 1 aliphatic heterocycles. The number of nitrogens with zero attached hydrogens (tertiary/aromatic N) is 1. The number of aliphatic hydroxyl groups is 1. The van der Waals surface area contributed by atoms with E-state index in [9.17, 15) is 5.11 Å². The zero-order chi connectivity index (χ0) is 10.6. The Bertz CT molecular complexity index is 240. The van der Waals surface area contributed by atoms with Crippen molar-refractivity contribution in [1.82, 2.24) is 4.90 Å². The van der Waals surface area contributed by atoms with Gasteiger partial charge in [0.05, 0.1) is 6.61 Å². The normalized spacial score (nSPS) is 23.6. The lowest BCUT2D eigenvalue weighted by Crippen LogP contribution is -2.35. The van der Waals surface area contributed by atoms with E-state index in [2.05, 4.69) is 22.9 Å². The molecule has 1 rings (SSSR count). The highest BCUT2D eigenvalue weighted by Crippen LogP contribution is 2.17. The van der Waals surface area contributed by atoms with Crippen molar-refractivity contribution in [3.8, 4) is 0 Å². The minimum Gasteiger partial charge on any atom is -0.384 e. The maximum atomic E-state index is 9.68. The third kappa shape index (κ3) is 3.44. The van der Waals surface area contributed by atoms with Gasteiger partial charge in [-0.25, -0.2) is 0 Å². The Morgan fingerprint density at radius 2 is 2.43 bits per heavy atom. The van der Waals surface area contributed by atoms with Crippen molar-refractivity contribution in [2.75, 3.05) is 20.3 Å². The summed E-state index contributed by atoms with van der Waals surface area (Å²) >= 11 is 3.32. The summed E-state index contributed by atoms with van der Waals surface area (Å²) < 4.78 is 5.96. The first-order valence-corrected chi connectivity index (χ1v) is 5.41. The summed E-state index contributed by atoms with van der Waals surface area (Å²) in [6, 6.07) is 0. The second kappa shape index (κ2) is 5.53. The molecule has 0 aliphatic carbocycles. The van der Waals surface area contributed by atoms with Crippen molar-refractivity contribution >= 4 is 15.9 Å². The summed E-state index contributed by atoms with van der Waals surface area (Å²) in [5.74, 6) is 0.407. The molecule has 3 nitrogen and oxygen atoms in total. The number of ether oxygens (including phenoxy) is 1. The van der Waals surface area contributed by atoms with E-state index in [1.165, 1.54) is 0 Å². The van der Waals surface area contributed by atoms with Crippen LogP contribution in [0, 0.1) is 5.92 Å². The number of methoxy groups -OCH3 is 1. The van der Waals surface area contributed by atoms with Crippen molar-refractivity contribution in [1.29, 1.82) is 0 Å². The molecule has 0 aromatic heterocycles. The van der Waals surface area contributed by atoms with Gasteiger partial charge in [0.2, 0.25) is 0 Å². The highest BCUT2D eigenvalue weighted by molar-refractivity contribution is 9.11. The first-order valence-electron chi connectivity index (χ1n) is 4.61. The second-order valence-electron chi connectivity index (χ2n) is 3.54. The summed E-state index contributed by atoms with van der Waals surface area (Å²) in [6.45, 7) is 3.60. The molecule has 0 fully saturated rings. The van der Waals surface area contributed by atoms with Gasteiger partial charge in [0, 0.05) is 24.3 Å². The predicted octanol–water partition coefficient (Wildman–Crippen LogP) is 1.70. The Morgan fingerprint density at radius 3 is 3.00 bits per heavy atom. The average molecular weight is 262 g/mol. The van der Waals surface area contributed by atoms with Crippen LogP contribution >= 0.6 is 15.9 Å². The predicted molar refractivity (Wildman–Crippen MR) is 59.9 cm³/mol. The summed E-state index contributed by atoms with van der Waals surface area (Å²) in [4.78, 5) is 1.88. The van der Waals surface area contributed by atoms with E-state index in [0.29, 0.717) is 12.5 Å². The highest BCUT2D eigenvalue weighted by Gasteiger charge is 2.15. The molecule has 0 saturated carbocycles. The van der Waals surface area contributed by atoms with Gasteiger partial charge in [-0.05, 0) is 18.1 Å². The van der Waals surface area contributed by atoms with Crippen LogP contribution in [-0.4, -0.2) is 36.5 Å². The molecule has 0 bridgehead atoms. The maximum Gasteiger partial charge on any atom is 0.147 e. The number of halogens is 1. The Hall–Kier alpha value is -0.320. The molecule has 0 aromatic rings. The molecule has 0 saturated heterocycles. The van der Waals surface area contributed by atoms with Crippen molar-refractivity contribution in [2.24, 2.45) is 5.92 Å². The number of hydrogen-bond acceptors (Lipinski definition) is 3. The van der Waals surface area contributed by atoms with Crippen LogP contribution in [0.25, 0.3) is 0 Å². The Kier molecular flexibility index (Phi) is 4.65. The fourth-order valence-corrected chi connectivity index (χ4v) is 1.77. The summed E-state index contributed by atoms with van der Waals surface area (Å²) in [5.41, 5.74) is 0. The zero-order valence-electron chi connectivity index (χ0n) is 8.48. The van der Waals surface area contributed by atoms with Gasteiger partial charge in [0.1, 0.15) is 6.23 Å². The summed E-state index contributed by atoms with van der Waals surface area (Å²) in [7, 11) is 1.69. The molecule has 1 N–H and O–H groups in total. The van der Waals surface area contributed by atoms with E-state index in [1.807, 2.05) is 17.2 Å². The number of aliphatic hydroxyl groups excluding tert-OH is 1. The molecule has 4 heteroatoms. The molecular formula is C10H16BrNO2. The van der Waals surface area contributed by atoms with Crippen LogP contribution in [-0.2, 0) is 4.74 Å². The van der Waals surface area contributed by atoms with Crippen molar-refractivity contribution < 1.29 is 9.84 Å². The van der Waals surface area contributed by atoms with Gasteiger partial charge in [-0.1, -0.05) is 22.9 Å². The van der Waals surface area contributed by atoms with Crippen molar-refractivity contribution in [3.63, 3.8) is 0 Å². The Balaban J connectivity index is 2.43. The van der Waals surface area contributed by atoms with Crippen LogP contribution in [0.2, 0.25) is 0 Å². The highest BCUT2D eigenvalue weighted by atomic mass is 79.9. The maximum absolute atomic E-state index is 9.68. The standard InChI is InChI=1S/C10H16BrNO2/c1-8(7-14-2)6-12-4-3-9(11)5-10(12)13/h3-5,8,10,13H,6-7H2,1-2H3. The van der Waals surface area contributed by atoms with Crippen LogP contribution in [0.3, 0.4) is 0 Å². The molecule has 0 spiro atoms. The fourth-order valence-electron chi connectivity index (χ4n) is 1.41. The Labute approximate surface area is 93.2 Å². The smallest absolute Gasteiger partial charge is 0.147 e. The van der Waals surface area contributed by atoms with Gasteiger partial charge in [0.15, 0.2) is 0 Å². The van der Waals surface area contributed by atoms with Gasteiger partial charge < -0.3 is 14.7 Å². The van der Waals surface area contributed by atoms with Gasteiger partial charge in [-0.3, -0.25) is 0 Å². The van der Waals surface area contributed by atoms with Gasteiger partial charge in [0.25, 0.3) is 0 Å². The van der Waals surface area contributed by atoms with E-state index < -0.39 is 6.23 Å². The topological polar surface area (TPSA) is 32.7 Å². The molecule has 0 aromatic carbocycles. The quantitative estimate of drug-likeness (QED) is 0.837. The van der Waals surface area contributed by atoms with E-state index in [-0.39, 0.29) is 0 Å². The van der Waals surface area contributed by atoms with Gasteiger partial charge >= 0.3 is 0 Å². The van der Waals surface area contributed by atoms with Crippen LogP contribution in [0.5, 0.6) is 0 Å². The van der Waals surface area contributed by atoms with E-state index in [1.54, 1.807) is 13.2 Å². The monoisotopic (exact) mass is 261 g/mol. The number of hydrogen-bond donors (Lipinski definition) is 1. The molecule has 1 heterocycles. The lowest BCUT2D eigenvalue weighted by molar-refractivity contribution is 0.0531. The second-order valence-corrected chi connectivity index (χ2v) is 4.45. The van der Waals surface area contributed by atoms with Crippen molar-refractivity contribution in [2.45, 2.75) is 13.2 Å². The van der Waals surface area contributed by atoms with Gasteiger partial charge in [-0.2, -0.15) is 0 Å². The van der Waals surface area contributed by atoms with Crippen LogP contribution < -0.4 is 0 Å². The SMILES string of the molecule is COCC(C)CN1C=CC(Br)=CC1O. The minimum absolute atomic E-state index is 0.407. The number of rotatable bonds is 4. The van der Waals surface area contributed by atoms with Crippen LogP contribution in [0.1, 0.15) is 6.92 Å². The average Bonchev–Trinajstić information content (AvgIpc) is 2.10. The number of allylic oxidation sites excluding steroid dienone is 2. The van der Waals surface area contributed by atoms with E-state index in [4.69, 9.17) is 4.74 Å². The van der Waals surface area contributed by atoms with E-state index >= 15 is 0 Å². The lowest BCUT2D eigenvalue weighted by Gasteiger charge is -2.29. The molecule has 14 heavy (non-hydrogen) atoms. The fraction of sp³-hybridized carbons (Fsp3) is 0.600. The third-order valence-corrected chi connectivity index (χ3v) is 2.58. The molecule has 80 valence electrons. The van der Waals surface area contributed by atoms with Gasteiger partial charge in [-0.15, -0.1) is 0 Å². The van der Waals surface area contributed by atoms with E-state index in [0.717, 1.165) is 11.0 Å². The molecule has 2 atom stereocenters. The molecule has 0 amide bonds. The molecule has 0 radical (unpaired) electrons. The minimum atomic E-state index is -0.534. The first kappa shape index (κ1) is 11.8. The van der Waals surface area contributed by atoms with Crippen LogP contribution in [0.15, 0.2) is 22.8 Å². The Morgan fingerprint density at radius 1 is 1.71 bits per heavy atom. The lowest BCUT2D eigenvalue weighted by atomic mass is 10.1. The summed E-state index contributed by atoms with van der Waals surface area (Å²) in [6.07, 6.45) is 5.04. The first-order chi connectivity index (χ1) is 6.63. The molecule has 2 unspecified atom stereocenters. The van der Waals surface area contributed by atoms with Crippen LogP contribution in [0.4, 0.5) is 0 Å². The summed E-state index contributed by atoms with van der Waals surface area (Å²) in [5, 5.41) is 9.68. The van der Waals surface area contributed by atoms with Crippen molar-refractivity contribution in [3.05, 3.63) is 22.8 Å². The molecule has 1 aliphatic rings. The molecular weight excluding hydrogens is 246 g/mol. The zero-order valence-corrected chi connectivity index (χ0v) is 10.1.